The van der Waals surface area contributed by atoms with Gasteiger partial charge in [0.1, 0.15) is 16.7 Å². The fraction of sp³-hybridized carbons (Fsp3) is 0.409. The van der Waals surface area contributed by atoms with Crippen molar-refractivity contribution < 1.29 is 23.9 Å². The highest BCUT2D eigenvalue weighted by atomic mass is 79.9. The number of hydrogen-bond donors (Lipinski definition) is 2. The van der Waals surface area contributed by atoms with Gasteiger partial charge in [-0.3, -0.25) is 9.59 Å². The summed E-state index contributed by atoms with van der Waals surface area (Å²) in [5.74, 6) is -1.38. The fourth-order valence-corrected chi connectivity index (χ4v) is 4.92. The zero-order valence-electron chi connectivity index (χ0n) is 17.1. The van der Waals surface area contributed by atoms with Crippen molar-refractivity contribution in [2.24, 2.45) is 11.1 Å². The van der Waals surface area contributed by atoms with Crippen LogP contribution >= 0.6 is 15.9 Å². The summed E-state index contributed by atoms with van der Waals surface area (Å²) in [6.07, 6.45) is 1.25. The van der Waals surface area contributed by atoms with Gasteiger partial charge < -0.3 is 20.5 Å². The van der Waals surface area contributed by atoms with Crippen LogP contribution in [0.2, 0.25) is 0 Å². The second-order valence-electron chi connectivity index (χ2n) is 8.61. The molecule has 8 heteroatoms. The van der Waals surface area contributed by atoms with Gasteiger partial charge in [0.05, 0.1) is 12.2 Å². The van der Waals surface area contributed by atoms with Crippen molar-refractivity contribution in [2.75, 3.05) is 11.9 Å². The lowest BCUT2D eigenvalue weighted by molar-refractivity contribution is -0.141. The predicted octanol–water partition coefficient (Wildman–Crippen LogP) is 3.44. The molecule has 3 N–H and O–H groups in total. The minimum atomic E-state index is -1.70. The molecule has 30 heavy (non-hydrogen) atoms. The normalized spacial score (nSPS) is 24.4. The molecule has 4 rings (SSSR count). The molecule has 0 saturated carbocycles. The molecule has 1 aliphatic carbocycles. The minimum absolute atomic E-state index is 0.142. The molecule has 0 aromatic heterocycles. The van der Waals surface area contributed by atoms with Crippen LogP contribution in [0.15, 0.2) is 45.5 Å². The molecule has 1 amide bonds. The largest absolute Gasteiger partial charge is 0.462 e. The van der Waals surface area contributed by atoms with Gasteiger partial charge in [0.15, 0.2) is 5.78 Å². The van der Waals surface area contributed by atoms with Gasteiger partial charge in [0, 0.05) is 28.6 Å². The Hall–Kier alpha value is -2.61. The summed E-state index contributed by atoms with van der Waals surface area (Å²) >= 11 is 3.44. The highest BCUT2D eigenvalue weighted by Crippen LogP contribution is 2.56. The number of halogens is 1. The number of amides is 1. The van der Waals surface area contributed by atoms with Crippen LogP contribution in [0.4, 0.5) is 5.69 Å². The number of hydrogen-bond acceptors (Lipinski definition) is 6. The number of fused-ring (bicyclic) bond motifs is 3. The maximum absolute atomic E-state index is 13.5. The molecule has 1 spiro atoms. The van der Waals surface area contributed by atoms with Gasteiger partial charge in [-0.1, -0.05) is 36.7 Å². The Bertz CT molecular complexity index is 1060. The molecule has 0 radical (unpaired) electrons. The molecule has 158 valence electrons. The zero-order valence-corrected chi connectivity index (χ0v) is 18.6. The van der Waals surface area contributed by atoms with Gasteiger partial charge in [-0.15, -0.1) is 0 Å². The van der Waals surface area contributed by atoms with Crippen LogP contribution in [0.3, 0.4) is 0 Å². The maximum atomic E-state index is 13.5. The standard InChI is InChI=1S/C22H23BrN2O5/c1-4-7-29-19(27)17-18(24)30-15-10-21(2,3)9-14(26)16(15)22(17)12-8-11(23)5-6-13(12)25-20(22)28/h5-6,8H,4,7,9-10,24H2,1-3H3,(H,25,28). The van der Waals surface area contributed by atoms with Gasteiger partial charge in [-0.2, -0.15) is 0 Å². The van der Waals surface area contributed by atoms with Crippen molar-refractivity contribution in [3.63, 3.8) is 0 Å². The van der Waals surface area contributed by atoms with E-state index in [0.29, 0.717) is 34.3 Å². The Morgan fingerprint density at radius 1 is 1.30 bits per heavy atom. The van der Waals surface area contributed by atoms with Gasteiger partial charge in [0.25, 0.3) is 0 Å². The summed E-state index contributed by atoms with van der Waals surface area (Å²) in [6, 6.07) is 5.24. The number of esters is 1. The van der Waals surface area contributed by atoms with Crippen molar-refractivity contribution in [2.45, 2.75) is 45.4 Å². The van der Waals surface area contributed by atoms with Crippen LogP contribution < -0.4 is 11.1 Å². The summed E-state index contributed by atoms with van der Waals surface area (Å²) in [6.45, 7) is 5.93. The number of ketones is 1. The third-order valence-electron chi connectivity index (χ3n) is 5.68. The Balaban J connectivity index is 2.04. The lowest BCUT2D eigenvalue weighted by atomic mass is 9.62. The lowest BCUT2D eigenvalue weighted by Crippen LogP contribution is -2.50. The van der Waals surface area contributed by atoms with Gasteiger partial charge in [0.2, 0.25) is 11.8 Å². The maximum Gasteiger partial charge on any atom is 0.341 e. The minimum Gasteiger partial charge on any atom is -0.462 e. The van der Waals surface area contributed by atoms with Crippen LogP contribution in [0.1, 0.15) is 45.6 Å². The number of allylic oxidation sites excluding steroid dienone is 1. The summed E-state index contributed by atoms with van der Waals surface area (Å²) < 4.78 is 11.9. The fourth-order valence-electron chi connectivity index (χ4n) is 4.55. The van der Waals surface area contributed by atoms with Crippen molar-refractivity contribution in [3.05, 3.63) is 51.0 Å². The first-order valence-electron chi connectivity index (χ1n) is 9.85. The summed E-state index contributed by atoms with van der Waals surface area (Å²) in [5.41, 5.74) is 5.20. The number of ether oxygens (including phenoxy) is 2. The number of Topliss-reactive ketones (excluding diaryl/α,β-unsaturated/α-hetero) is 1. The number of benzene rings is 1. The molecule has 2 heterocycles. The highest BCUT2D eigenvalue weighted by molar-refractivity contribution is 9.10. The average Bonchev–Trinajstić information content (AvgIpc) is 2.90. The van der Waals surface area contributed by atoms with E-state index in [4.69, 9.17) is 15.2 Å². The SMILES string of the molecule is CCCOC(=O)C1=C(N)OC2=C(C(=O)CC(C)(C)C2)C12C(=O)Nc1ccc(Br)cc12. The molecule has 3 aliphatic rings. The van der Waals surface area contributed by atoms with Gasteiger partial charge >= 0.3 is 5.97 Å². The van der Waals surface area contributed by atoms with Crippen LogP contribution in [0.5, 0.6) is 0 Å². The summed E-state index contributed by atoms with van der Waals surface area (Å²) in [7, 11) is 0. The van der Waals surface area contributed by atoms with E-state index in [0.717, 1.165) is 0 Å². The van der Waals surface area contributed by atoms with E-state index in [-0.39, 0.29) is 41.3 Å². The smallest absolute Gasteiger partial charge is 0.341 e. The third kappa shape index (κ3) is 2.88. The van der Waals surface area contributed by atoms with Crippen molar-refractivity contribution >= 4 is 39.3 Å². The number of nitrogens with one attached hydrogen (secondary N) is 1. The Morgan fingerprint density at radius 3 is 2.73 bits per heavy atom. The second kappa shape index (κ2) is 6.97. The van der Waals surface area contributed by atoms with Crippen LogP contribution in [0, 0.1) is 5.41 Å². The number of carbonyl (C=O) groups is 3. The molecular weight excluding hydrogens is 452 g/mol. The molecule has 1 aromatic carbocycles. The van der Waals surface area contributed by atoms with Crippen molar-refractivity contribution in [1.82, 2.24) is 0 Å². The van der Waals surface area contributed by atoms with Gasteiger partial charge in [-0.25, -0.2) is 4.79 Å². The molecule has 1 aromatic rings. The first kappa shape index (κ1) is 20.7. The van der Waals surface area contributed by atoms with Crippen molar-refractivity contribution in [3.8, 4) is 0 Å². The Morgan fingerprint density at radius 2 is 2.03 bits per heavy atom. The Labute approximate surface area is 182 Å². The van der Waals surface area contributed by atoms with Crippen molar-refractivity contribution in [1.29, 1.82) is 0 Å². The molecular formula is C22H23BrN2O5. The summed E-state index contributed by atoms with van der Waals surface area (Å²) in [5, 5.41) is 2.82. The number of rotatable bonds is 3. The number of carbonyl (C=O) groups excluding carboxylic acids is 3. The predicted molar refractivity (Wildman–Crippen MR) is 113 cm³/mol. The van der Waals surface area contributed by atoms with E-state index in [1.54, 1.807) is 18.2 Å². The van der Waals surface area contributed by atoms with E-state index >= 15 is 0 Å². The molecule has 1 unspecified atom stereocenters. The summed E-state index contributed by atoms with van der Waals surface area (Å²) in [4.78, 5) is 40.1. The number of anilines is 1. The van der Waals surface area contributed by atoms with E-state index in [2.05, 4.69) is 21.2 Å². The van der Waals surface area contributed by atoms with E-state index in [9.17, 15) is 14.4 Å². The van der Waals surface area contributed by atoms with Crippen LogP contribution in [-0.2, 0) is 29.3 Å². The molecule has 0 bridgehead atoms. The first-order valence-corrected chi connectivity index (χ1v) is 10.6. The second-order valence-corrected chi connectivity index (χ2v) is 9.53. The molecule has 0 fully saturated rings. The van der Waals surface area contributed by atoms with E-state index in [1.165, 1.54) is 0 Å². The monoisotopic (exact) mass is 474 g/mol. The van der Waals surface area contributed by atoms with E-state index in [1.807, 2.05) is 20.8 Å². The third-order valence-corrected chi connectivity index (χ3v) is 6.17. The zero-order chi connectivity index (χ0) is 21.8. The van der Waals surface area contributed by atoms with Crippen LogP contribution in [-0.4, -0.2) is 24.3 Å². The molecule has 7 nitrogen and oxygen atoms in total. The topological polar surface area (TPSA) is 108 Å². The Kier molecular flexibility index (Phi) is 4.80. The lowest BCUT2D eigenvalue weighted by Gasteiger charge is -2.42. The first-order chi connectivity index (χ1) is 14.1. The molecule has 0 saturated heterocycles. The molecule has 2 aliphatic heterocycles. The van der Waals surface area contributed by atoms with Gasteiger partial charge in [-0.05, 0) is 30.0 Å². The highest BCUT2D eigenvalue weighted by Gasteiger charge is 2.62. The quantitative estimate of drug-likeness (QED) is 0.649. The van der Waals surface area contributed by atoms with Crippen LogP contribution in [0.25, 0.3) is 0 Å². The molecule has 1 atom stereocenters. The van der Waals surface area contributed by atoms with E-state index < -0.39 is 17.3 Å². The average molecular weight is 475 g/mol. The number of nitrogens with two attached hydrogens (primary N) is 1.